The van der Waals surface area contributed by atoms with E-state index in [2.05, 4.69) is 6.58 Å². The molecular weight excluding hydrogens is 122 g/mol. The van der Waals surface area contributed by atoms with E-state index in [9.17, 15) is 8.78 Å². The van der Waals surface area contributed by atoms with Crippen molar-refractivity contribution in [3.05, 3.63) is 36.5 Å². The van der Waals surface area contributed by atoms with Crippen LogP contribution in [-0.2, 0) is 0 Å². The maximum atomic E-state index is 12.4. The summed E-state index contributed by atoms with van der Waals surface area (Å²) in [6.07, 6.45) is 4.70. The van der Waals surface area contributed by atoms with Crippen LogP contribution in [0, 0.1) is 0 Å². The number of halogens is 2. The van der Waals surface area contributed by atoms with Gasteiger partial charge in [0.1, 0.15) is 0 Å². The Hall–Kier alpha value is -0.920. The molecule has 0 fully saturated rings. The van der Waals surface area contributed by atoms with Crippen LogP contribution >= 0.6 is 0 Å². The number of hydrogen-bond acceptors (Lipinski definition) is 0. The second-order valence-corrected chi connectivity index (χ2v) is 1.81. The summed E-state index contributed by atoms with van der Waals surface area (Å²) in [6.45, 7) is 3.25. The van der Waals surface area contributed by atoms with Gasteiger partial charge in [-0.3, -0.25) is 0 Å². The van der Waals surface area contributed by atoms with Crippen molar-refractivity contribution in [2.45, 2.75) is 5.92 Å². The lowest BCUT2D eigenvalue weighted by molar-refractivity contribution is 0.104. The molecule has 0 atom stereocenters. The molecule has 0 aromatic rings. The van der Waals surface area contributed by atoms with Crippen molar-refractivity contribution in [3.63, 3.8) is 0 Å². The molecule has 0 saturated carbocycles. The zero-order chi connectivity index (χ0) is 6.91. The minimum Gasteiger partial charge on any atom is -0.197 e. The topological polar surface area (TPSA) is 0 Å². The van der Waals surface area contributed by atoms with E-state index in [-0.39, 0.29) is 5.57 Å². The molecule has 0 aromatic heterocycles. The lowest BCUT2D eigenvalue weighted by Crippen LogP contribution is -2.10. The van der Waals surface area contributed by atoms with Crippen LogP contribution in [0.25, 0.3) is 0 Å². The maximum Gasteiger partial charge on any atom is 0.291 e. The Bertz CT molecular complexity index is 187. The molecule has 0 spiro atoms. The molecule has 0 N–H and O–H groups in total. The first-order chi connectivity index (χ1) is 4.17. The van der Waals surface area contributed by atoms with Crippen LogP contribution < -0.4 is 0 Å². The number of alkyl halides is 2. The first-order valence-electron chi connectivity index (χ1n) is 2.57. The third-order valence-electron chi connectivity index (χ3n) is 1.19. The lowest BCUT2D eigenvalue weighted by Gasteiger charge is -2.06. The first-order valence-corrected chi connectivity index (χ1v) is 2.57. The van der Waals surface area contributed by atoms with Gasteiger partial charge in [0.15, 0.2) is 0 Å². The van der Waals surface area contributed by atoms with E-state index in [1.54, 1.807) is 0 Å². The van der Waals surface area contributed by atoms with Crippen LogP contribution in [-0.4, -0.2) is 5.92 Å². The minimum atomic E-state index is -2.78. The summed E-state index contributed by atoms with van der Waals surface area (Å²) in [5, 5.41) is 0. The molecule has 0 radical (unpaired) electrons. The van der Waals surface area contributed by atoms with Gasteiger partial charge < -0.3 is 0 Å². The Morgan fingerprint density at radius 2 is 2.22 bits per heavy atom. The third-order valence-corrected chi connectivity index (χ3v) is 1.19. The SMILES string of the molecule is C=CC1=CC=CC1(F)F. The van der Waals surface area contributed by atoms with Crippen LogP contribution in [0.5, 0.6) is 0 Å². The van der Waals surface area contributed by atoms with Crippen LogP contribution in [0.2, 0.25) is 0 Å². The molecule has 0 amide bonds. The van der Waals surface area contributed by atoms with Crippen molar-refractivity contribution in [2.24, 2.45) is 0 Å². The Balaban J connectivity index is 2.91. The fourth-order valence-corrected chi connectivity index (χ4v) is 0.684. The van der Waals surface area contributed by atoms with E-state index in [4.69, 9.17) is 0 Å². The largest absolute Gasteiger partial charge is 0.291 e. The Morgan fingerprint density at radius 3 is 2.44 bits per heavy atom. The van der Waals surface area contributed by atoms with Crippen molar-refractivity contribution in [1.29, 1.82) is 0 Å². The quantitative estimate of drug-likeness (QED) is 0.508. The van der Waals surface area contributed by atoms with E-state index < -0.39 is 5.92 Å². The highest BCUT2D eigenvalue weighted by Gasteiger charge is 2.30. The second kappa shape index (κ2) is 1.79. The highest BCUT2D eigenvalue weighted by molar-refractivity contribution is 5.39. The predicted molar refractivity (Wildman–Crippen MR) is 32.4 cm³/mol. The average Bonchev–Trinajstić information content (AvgIpc) is 2.08. The summed E-state index contributed by atoms with van der Waals surface area (Å²) >= 11 is 0. The van der Waals surface area contributed by atoms with E-state index in [0.717, 1.165) is 6.08 Å². The van der Waals surface area contributed by atoms with Gasteiger partial charge in [0.25, 0.3) is 5.92 Å². The molecule has 48 valence electrons. The molecule has 0 nitrogen and oxygen atoms in total. The fourth-order valence-electron chi connectivity index (χ4n) is 0.684. The third kappa shape index (κ3) is 0.922. The Morgan fingerprint density at radius 1 is 1.56 bits per heavy atom. The summed E-state index contributed by atoms with van der Waals surface area (Å²) in [5.41, 5.74) is -0.0255. The average molecular weight is 128 g/mol. The summed E-state index contributed by atoms with van der Waals surface area (Å²) in [4.78, 5) is 0. The molecule has 0 bridgehead atoms. The zero-order valence-electron chi connectivity index (χ0n) is 4.77. The molecule has 0 unspecified atom stereocenters. The molecule has 9 heavy (non-hydrogen) atoms. The molecule has 1 aliphatic carbocycles. The van der Waals surface area contributed by atoms with Crippen molar-refractivity contribution < 1.29 is 8.78 Å². The summed E-state index contributed by atoms with van der Waals surface area (Å²) in [6, 6.07) is 0. The molecule has 1 aliphatic rings. The van der Waals surface area contributed by atoms with E-state index in [1.165, 1.54) is 18.2 Å². The van der Waals surface area contributed by atoms with Gasteiger partial charge in [-0.05, 0) is 6.08 Å². The molecule has 0 saturated heterocycles. The van der Waals surface area contributed by atoms with Gasteiger partial charge >= 0.3 is 0 Å². The molecule has 2 heteroatoms. The highest BCUT2D eigenvalue weighted by Crippen LogP contribution is 2.30. The molecule has 1 rings (SSSR count). The van der Waals surface area contributed by atoms with E-state index >= 15 is 0 Å². The van der Waals surface area contributed by atoms with Gasteiger partial charge in [0.05, 0.1) is 0 Å². The van der Waals surface area contributed by atoms with Crippen LogP contribution in [0.15, 0.2) is 36.5 Å². The number of allylic oxidation sites excluding steroid dienone is 5. The standard InChI is InChI=1S/C7H6F2/c1-2-6-4-3-5-7(6,8)9/h2-5H,1H2. The summed E-state index contributed by atoms with van der Waals surface area (Å²) in [5.74, 6) is -2.78. The van der Waals surface area contributed by atoms with E-state index in [0.29, 0.717) is 0 Å². The molecule has 0 aromatic carbocycles. The highest BCUT2D eigenvalue weighted by atomic mass is 19.3. The monoisotopic (exact) mass is 128 g/mol. The molecule has 0 aliphatic heterocycles. The van der Waals surface area contributed by atoms with Gasteiger partial charge in [-0.25, -0.2) is 0 Å². The first kappa shape index (κ1) is 6.20. The Labute approximate surface area is 52.2 Å². The van der Waals surface area contributed by atoms with Crippen LogP contribution in [0.1, 0.15) is 0 Å². The van der Waals surface area contributed by atoms with Crippen LogP contribution in [0.3, 0.4) is 0 Å². The van der Waals surface area contributed by atoms with Crippen molar-refractivity contribution in [1.82, 2.24) is 0 Å². The summed E-state index contributed by atoms with van der Waals surface area (Å²) in [7, 11) is 0. The summed E-state index contributed by atoms with van der Waals surface area (Å²) < 4.78 is 24.8. The van der Waals surface area contributed by atoms with Gasteiger partial charge in [-0.15, -0.1) is 0 Å². The van der Waals surface area contributed by atoms with Crippen LogP contribution in [0.4, 0.5) is 8.78 Å². The predicted octanol–water partition coefficient (Wildman–Crippen LogP) is 2.30. The zero-order valence-corrected chi connectivity index (χ0v) is 4.77. The van der Waals surface area contributed by atoms with E-state index in [1.807, 2.05) is 0 Å². The fraction of sp³-hybridized carbons (Fsp3) is 0.143. The van der Waals surface area contributed by atoms with Gasteiger partial charge in [0.2, 0.25) is 0 Å². The lowest BCUT2D eigenvalue weighted by atomic mass is 10.2. The number of rotatable bonds is 1. The molecular formula is C7H6F2. The maximum absolute atomic E-state index is 12.4. The number of hydrogen-bond donors (Lipinski definition) is 0. The minimum absolute atomic E-state index is 0.0255. The molecule has 0 heterocycles. The Kier molecular flexibility index (Phi) is 1.24. The van der Waals surface area contributed by atoms with Crippen molar-refractivity contribution in [3.8, 4) is 0 Å². The van der Waals surface area contributed by atoms with Gasteiger partial charge in [-0.2, -0.15) is 8.78 Å². The van der Waals surface area contributed by atoms with Crippen molar-refractivity contribution >= 4 is 0 Å². The second-order valence-electron chi connectivity index (χ2n) is 1.81. The van der Waals surface area contributed by atoms with Crippen molar-refractivity contribution in [2.75, 3.05) is 0 Å². The normalized spacial score (nSPS) is 21.8. The smallest absolute Gasteiger partial charge is 0.197 e. The van der Waals surface area contributed by atoms with Gasteiger partial charge in [0, 0.05) is 5.57 Å². The van der Waals surface area contributed by atoms with Gasteiger partial charge in [-0.1, -0.05) is 24.8 Å².